The second-order valence-corrected chi connectivity index (χ2v) is 6.04. The zero-order chi connectivity index (χ0) is 13.1. The van der Waals surface area contributed by atoms with Crippen molar-refractivity contribution in [1.29, 1.82) is 0 Å². The molecule has 2 N–H and O–H groups in total. The maximum absolute atomic E-state index is 11.9. The van der Waals surface area contributed by atoms with Crippen LogP contribution in [0, 0.1) is 5.92 Å². The lowest BCUT2D eigenvalue weighted by molar-refractivity contribution is -0.124. The topological polar surface area (TPSA) is 50.4 Å². The molecule has 0 aromatic rings. The molecule has 17 heavy (non-hydrogen) atoms. The lowest BCUT2D eigenvalue weighted by Gasteiger charge is -2.27. The summed E-state index contributed by atoms with van der Waals surface area (Å²) in [5, 5.41) is 6.33. The molecule has 1 saturated heterocycles. The van der Waals surface area contributed by atoms with Crippen molar-refractivity contribution in [2.75, 3.05) is 13.2 Å². The highest BCUT2D eigenvalue weighted by Gasteiger charge is 2.26. The van der Waals surface area contributed by atoms with Crippen LogP contribution in [0.4, 0.5) is 0 Å². The summed E-state index contributed by atoms with van der Waals surface area (Å²) >= 11 is 0. The molecule has 0 aromatic carbocycles. The van der Waals surface area contributed by atoms with Crippen LogP contribution in [0.1, 0.15) is 41.0 Å². The van der Waals surface area contributed by atoms with E-state index in [4.69, 9.17) is 4.74 Å². The SMILES string of the molecule is CC(NC(C)C1CCOC1)C(=O)NC(C)(C)C. The van der Waals surface area contributed by atoms with Gasteiger partial charge in [0.2, 0.25) is 5.91 Å². The highest BCUT2D eigenvalue weighted by molar-refractivity contribution is 5.81. The fourth-order valence-electron chi connectivity index (χ4n) is 2.03. The summed E-state index contributed by atoms with van der Waals surface area (Å²) < 4.78 is 5.36. The summed E-state index contributed by atoms with van der Waals surface area (Å²) in [7, 11) is 0. The number of rotatable bonds is 4. The Morgan fingerprint density at radius 3 is 2.47 bits per heavy atom. The van der Waals surface area contributed by atoms with Crippen LogP contribution < -0.4 is 10.6 Å². The average molecular weight is 242 g/mol. The Bertz CT molecular complexity index is 255. The Kier molecular flexibility index (Phi) is 4.95. The molecule has 3 unspecified atom stereocenters. The third-order valence-corrected chi connectivity index (χ3v) is 3.08. The van der Waals surface area contributed by atoms with Crippen molar-refractivity contribution in [3.05, 3.63) is 0 Å². The largest absolute Gasteiger partial charge is 0.381 e. The second kappa shape index (κ2) is 5.83. The fraction of sp³-hybridized carbons (Fsp3) is 0.923. The highest BCUT2D eigenvalue weighted by atomic mass is 16.5. The smallest absolute Gasteiger partial charge is 0.237 e. The molecule has 4 heteroatoms. The molecule has 1 fully saturated rings. The minimum Gasteiger partial charge on any atom is -0.381 e. The van der Waals surface area contributed by atoms with Gasteiger partial charge in [0.25, 0.3) is 0 Å². The van der Waals surface area contributed by atoms with Crippen LogP contribution in [0.5, 0.6) is 0 Å². The predicted octanol–water partition coefficient (Wildman–Crippen LogP) is 1.30. The maximum Gasteiger partial charge on any atom is 0.237 e. The van der Waals surface area contributed by atoms with E-state index in [2.05, 4.69) is 17.6 Å². The van der Waals surface area contributed by atoms with Crippen molar-refractivity contribution in [1.82, 2.24) is 10.6 Å². The first-order valence-corrected chi connectivity index (χ1v) is 6.45. The number of carbonyl (C=O) groups excluding carboxylic acids is 1. The minimum atomic E-state index is -0.174. The molecule has 0 aliphatic carbocycles. The molecule has 1 heterocycles. The molecular formula is C13H26N2O2. The summed E-state index contributed by atoms with van der Waals surface area (Å²) in [5.41, 5.74) is -0.174. The minimum absolute atomic E-state index is 0.0586. The van der Waals surface area contributed by atoms with Crippen molar-refractivity contribution < 1.29 is 9.53 Å². The van der Waals surface area contributed by atoms with Crippen LogP contribution >= 0.6 is 0 Å². The first-order valence-electron chi connectivity index (χ1n) is 6.45. The summed E-state index contributed by atoms with van der Waals surface area (Å²) in [6.45, 7) is 11.7. The maximum atomic E-state index is 11.9. The molecule has 0 saturated carbocycles. The summed E-state index contributed by atoms with van der Waals surface area (Å²) in [6, 6.07) is 0.156. The van der Waals surface area contributed by atoms with Gasteiger partial charge < -0.3 is 15.4 Å². The number of carbonyl (C=O) groups is 1. The van der Waals surface area contributed by atoms with Crippen molar-refractivity contribution in [2.24, 2.45) is 5.92 Å². The van der Waals surface area contributed by atoms with Crippen molar-refractivity contribution in [3.63, 3.8) is 0 Å². The van der Waals surface area contributed by atoms with E-state index in [9.17, 15) is 4.79 Å². The van der Waals surface area contributed by atoms with Crippen molar-refractivity contribution in [2.45, 2.75) is 58.7 Å². The number of hydrogen-bond acceptors (Lipinski definition) is 3. The summed E-state index contributed by atoms with van der Waals surface area (Å²) in [5.74, 6) is 0.586. The van der Waals surface area contributed by atoms with Gasteiger partial charge in [0.1, 0.15) is 0 Å². The second-order valence-electron chi connectivity index (χ2n) is 6.04. The van der Waals surface area contributed by atoms with Gasteiger partial charge in [-0.2, -0.15) is 0 Å². The number of hydrogen-bond donors (Lipinski definition) is 2. The molecule has 100 valence electrons. The van der Waals surface area contributed by atoms with Crippen LogP contribution in [0.2, 0.25) is 0 Å². The van der Waals surface area contributed by atoms with Crippen LogP contribution in [0.25, 0.3) is 0 Å². The number of nitrogens with one attached hydrogen (secondary N) is 2. The van der Waals surface area contributed by atoms with Crippen molar-refractivity contribution >= 4 is 5.91 Å². The molecule has 1 aliphatic heterocycles. The Labute approximate surface area is 104 Å². The third kappa shape index (κ3) is 5.04. The van der Waals surface area contributed by atoms with E-state index in [1.807, 2.05) is 27.7 Å². The fourth-order valence-corrected chi connectivity index (χ4v) is 2.03. The van der Waals surface area contributed by atoms with E-state index in [1.54, 1.807) is 0 Å². The molecule has 1 amide bonds. The zero-order valence-electron chi connectivity index (χ0n) is 11.7. The monoisotopic (exact) mass is 242 g/mol. The first-order chi connectivity index (χ1) is 7.79. The molecule has 0 spiro atoms. The zero-order valence-corrected chi connectivity index (χ0v) is 11.7. The molecular weight excluding hydrogens is 216 g/mol. The molecule has 1 aliphatic rings. The van der Waals surface area contributed by atoms with Crippen molar-refractivity contribution in [3.8, 4) is 0 Å². The van der Waals surface area contributed by atoms with Gasteiger partial charge in [0.15, 0.2) is 0 Å². The Morgan fingerprint density at radius 2 is 2.00 bits per heavy atom. The number of ether oxygens (including phenoxy) is 1. The lowest BCUT2D eigenvalue weighted by atomic mass is 10.00. The van der Waals surface area contributed by atoms with E-state index in [0.29, 0.717) is 12.0 Å². The summed E-state index contributed by atoms with van der Waals surface area (Å²) in [4.78, 5) is 11.9. The molecule has 0 radical (unpaired) electrons. The van der Waals surface area contributed by atoms with Gasteiger partial charge >= 0.3 is 0 Å². The summed E-state index contributed by atoms with van der Waals surface area (Å²) in [6.07, 6.45) is 1.09. The van der Waals surface area contributed by atoms with E-state index in [0.717, 1.165) is 19.6 Å². The van der Waals surface area contributed by atoms with E-state index >= 15 is 0 Å². The van der Waals surface area contributed by atoms with E-state index < -0.39 is 0 Å². The van der Waals surface area contributed by atoms with Gasteiger partial charge in [-0.25, -0.2) is 0 Å². The Morgan fingerprint density at radius 1 is 1.35 bits per heavy atom. The van der Waals surface area contributed by atoms with Crippen LogP contribution in [0.3, 0.4) is 0 Å². The van der Waals surface area contributed by atoms with Crippen LogP contribution in [-0.4, -0.2) is 36.7 Å². The average Bonchev–Trinajstić information content (AvgIpc) is 2.67. The van der Waals surface area contributed by atoms with E-state index in [1.165, 1.54) is 0 Å². The van der Waals surface area contributed by atoms with Gasteiger partial charge in [-0.15, -0.1) is 0 Å². The molecule has 0 bridgehead atoms. The van der Waals surface area contributed by atoms with Gasteiger partial charge in [-0.1, -0.05) is 0 Å². The van der Waals surface area contributed by atoms with E-state index in [-0.39, 0.29) is 17.5 Å². The normalized spacial score (nSPS) is 24.4. The number of amides is 1. The Balaban J connectivity index is 2.37. The van der Waals surface area contributed by atoms with Gasteiger partial charge in [-0.3, -0.25) is 4.79 Å². The highest BCUT2D eigenvalue weighted by Crippen LogP contribution is 2.16. The third-order valence-electron chi connectivity index (χ3n) is 3.08. The van der Waals surface area contributed by atoms with Crippen LogP contribution in [0.15, 0.2) is 0 Å². The standard InChI is InChI=1S/C13H26N2O2/c1-9(11-6-7-17-8-11)14-10(2)12(16)15-13(3,4)5/h9-11,14H,6-8H2,1-5H3,(H,15,16). The lowest BCUT2D eigenvalue weighted by Crippen LogP contribution is -2.52. The van der Waals surface area contributed by atoms with Gasteiger partial charge in [-0.05, 0) is 47.0 Å². The first kappa shape index (κ1) is 14.5. The molecule has 4 nitrogen and oxygen atoms in total. The molecule has 3 atom stereocenters. The predicted molar refractivity (Wildman–Crippen MR) is 68.9 cm³/mol. The van der Waals surface area contributed by atoms with Crippen LogP contribution in [-0.2, 0) is 9.53 Å². The Hall–Kier alpha value is -0.610. The van der Waals surface area contributed by atoms with Gasteiger partial charge in [0, 0.05) is 18.2 Å². The molecule has 0 aromatic heterocycles. The molecule has 1 rings (SSSR count). The quantitative estimate of drug-likeness (QED) is 0.781. The van der Waals surface area contributed by atoms with Gasteiger partial charge in [0.05, 0.1) is 12.6 Å².